The van der Waals surface area contributed by atoms with Crippen molar-refractivity contribution in [2.75, 3.05) is 23.1 Å². The monoisotopic (exact) mass is 389 g/mol. The van der Waals surface area contributed by atoms with Crippen molar-refractivity contribution in [3.63, 3.8) is 0 Å². The fourth-order valence-corrected chi connectivity index (χ4v) is 2.74. The molecule has 2 amide bonds. The molecule has 29 heavy (non-hydrogen) atoms. The predicted octanol–water partition coefficient (Wildman–Crippen LogP) is 3.36. The van der Waals surface area contributed by atoms with Crippen LogP contribution in [0.3, 0.4) is 0 Å². The highest BCUT2D eigenvalue weighted by atomic mass is 16.5. The number of carbonyl (C=O) groups excluding carboxylic acids is 3. The lowest BCUT2D eigenvalue weighted by atomic mass is 10.1. The molecule has 0 heterocycles. The number of nitrogens with zero attached hydrogens (tertiary/aromatic N) is 1. The van der Waals surface area contributed by atoms with Gasteiger partial charge in [0.15, 0.2) is 0 Å². The Morgan fingerprint density at radius 1 is 0.828 bits per heavy atom. The molecule has 0 aliphatic heterocycles. The molecule has 3 rings (SSSR count). The zero-order valence-electron chi connectivity index (χ0n) is 15.7. The molecule has 7 nitrogen and oxygen atoms in total. The summed E-state index contributed by atoms with van der Waals surface area (Å²) in [6.45, 7) is 0. The Morgan fingerprint density at radius 3 is 2.07 bits per heavy atom. The molecule has 146 valence electrons. The van der Waals surface area contributed by atoms with E-state index in [9.17, 15) is 14.4 Å². The maximum absolute atomic E-state index is 13.1. The number of hydrogen-bond acceptors (Lipinski definition) is 5. The number of anilines is 4. The van der Waals surface area contributed by atoms with Gasteiger partial charge in [-0.25, -0.2) is 4.79 Å². The van der Waals surface area contributed by atoms with E-state index in [2.05, 4.69) is 5.32 Å². The lowest BCUT2D eigenvalue weighted by Crippen LogP contribution is -2.37. The second-order valence-corrected chi connectivity index (χ2v) is 6.06. The molecule has 0 unspecified atom stereocenters. The summed E-state index contributed by atoms with van der Waals surface area (Å²) < 4.78 is 4.72. The molecular formula is C22H19N3O4. The number of para-hydroxylation sites is 2. The summed E-state index contributed by atoms with van der Waals surface area (Å²) in [5.41, 5.74) is 7.59. The molecule has 7 heteroatoms. The van der Waals surface area contributed by atoms with Crippen molar-refractivity contribution in [3.05, 3.63) is 84.4 Å². The standard InChI is InChI=1S/C22H19N3O4/c1-29-22(28)18-9-5-6-10-19(18)24-20(26)21(27)25(16-7-3-2-4-8-16)17-13-11-15(23)12-14-17/h2-14H,23H2,1H3,(H,24,26). The van der Waals surface area contributed by atoms with Crippen LogP contribution < -0.4 is 16.0 Å². The van der Waals surface area contributed by atoms with Crippen molar-refractivity contribution in [2.45, 2.75) is 0 Å². The summed E-state index contributed by atoms with van der Waals surface area (Å²) in [6.07, 6.45) is 0. The molecule has 0 radical (unpaired) electrons. The highest BCUT2D eigenvalue weighted by molar-refractivity contribution is 6.46. The van der Waals surface area contributed by atoms with Gasteiger partial charge in [0.1, 0.15) is 0 Å². The molecule has 3 aromatic carbocycles. The second kappa shape index (κ2) is 8.71. The Hall–Kier alpha value is -4.13. The molecule has 0 saturated carbocycles. The molecule has 0 fully saturated rings. The fraction of sp³-hybridized carbons (Fsp3) is 0.0455. The highest BCUT2D eigenvalue weighted by Crippen LogP contribution is 2.27. The van der Waals surface area contributed by atoms with Crippen LogP contribution in [0.2, 0.25) is 0 Å². The van der Waals surface area contributed by atoms with E-state index in [4.69, 9.17) is 10.5 Å². The van der Waals surface area contributed by atoms with Crippen LogP contribution in [0.5, 0.6) is 0 Å². The van der Waals surface area contributed by atoms with Crippen LogP contribution in [0.4, 0.5) is 22.7 Å². The number of nitrogen functional groups attached to an aromatic ring is 1. The van der Waals surface area contributed by atoms with Gasteiger partial charge in [-0.15, -0.1) is 0 Å². The molecule has 0 spiro atoms. The Balaban J connectivity index is 1.94. The number of nitrogens with one attached hydrogen (secondary N) is 1. The zero-order chi connectivity index (χ0) is 20.8. The Labute approximate surface area is 167 Å². The number of esters is 1. The van der Waals surface area contributed by atoms with E-state index < -0.39 is 17.8 Å². The number of rotatable bonds is 4. The van der Waals surface area contributed by atoms with E-state index in [1.807, 2.05) is 6.07 Å². The van der Waals surface area contributed by atoms with Crippen LogP contribution in [0, 0.1) is 0 Å². The van der Waals surface area contributed by atoms with Crippen molar-refractivity contribution < 1.29 is 19.1 Å². The topological polar surface area (TPSA) is 102 Å². The normalized spacial score (nSPS) is 10.1. The van der Waals surface area contributed by atoms with Gasteiger partial charge in [0.2, 0.25) is 0 Å². The molecule has 3 N–H and O–H groups in total. The lowest BCUT2D eigenvalue weighted by Gasteiger charge is -2.22. The van der Waals surface area contributed by atoms with Crippen molar-refractivity contribution in [1.82, 2.24) is 0 Å². The van der Waals surface area contributed by atoms with Crippen LogP contribution in [0.25, 0.3) is 0 Å². The van der Waals surface area contributed by atoms with Crippen LogP contribution in [-0.2, 0) is 14.3 Å². The van der Waals surface area contributed by atoms with E-state index in [1.165, 1.54) is 24.1 Å². The first-order valence-electron chi connectivity index (χ1n) is 8.74. The first-order chi connectivity index (χ1) is 14.0. The van der Waals surface area contributed by atoms with E-state index in [1.54, 1.807) is 60.7 Å². The smallest absolute Gasteiger partial charge is 0.339 e. The summed E-state index contributed by atoms with van der Waals surface area (Å²) in [5, 5.41) is 2.50. The van der Waals surface area contributed by atoms with Crippen molar-refractivity contribution >= 4 is 40.5 Å². The molecule has 0 aliphatic carbocycles. The Kier molecular flexibility index (Phi) is 5.89. The largest absolute Gasteiger partial charge is 0.465 e. The van der Waals surface area contributed by atoms with Crippen LogP contribution in [0.15, 0.2) is 78.9 Å². The third-order valence-electron chi connectivity index (χ3n) is 4.14. The average molecular weight is 389 g/mol. The summed E-state index contributed by atoms with van der Waals surface area (Å²) >= 11 is 0. The number of benzene rings is 3. The first-order valence-corrected chi connectivity index (χ1v) is 8.74. The van der Waals surface area contributed by atoms with Gasteiger partial charge >= 0.3 is 17.8 Å². The molecule has 0 bridgehead atoms. The number of methoxy groups -OCH3 is 1. The highest BCUT2D eigenvalue weighted by Gasteiger charge is 2.26. The van der Waals surface area contributed by atoms with Crippen LogP contribution >= 0.6 is 0 Å². The van der Waals surface area contributed by atoms with Gasteiger partial charge < -0.3 is 15.8 Å². The van der Waals surface area contributed by atoms with Gasteiger partial charge in [-0.05, 0) is 48.5 Å². The molecule has 0 aromatic heterocycles. The van der Waals surface area contributed by atoms with E-state index >= 15 is 0 Å². The number of carbonyl (C=O) groups is 3. The van der Waals surface area contributed by atoms with Crippen molar-refractivity contribution in [1.29, 1.82) is 0 Å². The Bertz CT molecular complexity index is 1030. The van der Waals surface area contributed by atoms with E-state index in [-0.39, 0.29) is 11.3 Å². The molecule has 0 saturated heterocycles. The van der Waals surface area contributed by atoms with Crippen LogP contribution in [0.1, 0.15) is 10.4 Å². The van der Waals surface area contributed by atoms with Gasteiger partial charge in [0.05, 0.1) is 18.4 Å². The summed E-state index contributed by atoms with van der Waals surface area (Å²) in [6, 6.07) is 21.6. The quantitative estimate of drug-likeness (QED) is 0.405. The fourth-order valence-electron chi connectivity index (χ4n) is 2.74. The maximum atomic E-state index is 13.1. The first kappa shape index (κ1) is 19.6. The Morgan fingerprint density at radius 2 is 1.41 bits per heavy atom. The minimum Gasteiger partial charge on any atom is -0.465 e. The number of nitrogens with two attached hydrogens (primary N) is 1. The maximum Gasteiger partial charge on any atom is 0.339 e. The average Bonchev–Trinajstić information content (AvgIpc) is 2.75. The SMILES string of the molecule is COC(=O)c1ccccc1NC(=O)C(=O)N(c1ccccc1)c1ccc(N)cc1. The second-order valence-electron chi connectivity index (χ2n) is 6.06. The number of hydrogen-bond donors (Lipinski definition) is 2. The van der Waals surface area contributed by atoms with Gasteiger partial charge in [-0.1, -0.05) is 30.3 Å². The summed E-state index contributed by atoms with van der Waals surface area (Å²) in [7, 11) is 1.24. The lowest BCUT2D eigenvalue weighted by molar-refractivity contribution is -0.134. The minimum atomic E-state index is -0.901. The van der Waals surface area contributed by atoms with Gasteiger partial charge in [-0.2, -0.15) is 0 Å². The molecule has 3 aromatic rings. The molecular weight excluding hydrogens is 370 g/mol. The zero-order valence-corrected chi connectivity index (χ0v) is 15.7. The molecule has 0 atom stereocenters. The third kappa shape index (κ3) is 4.41. The number of amides is 2. The summed E-state index contributed by atoms with van der Waals surface area (Å²) in [4.78, 5) is 39.0. The van der Waals surface area contributed by atoms with E-state index in [0.717, 1.165) is 0 Å². The van der Waals surface area contributed by atoms with Gasteiger partial charge in [-0.3, -0.25) is 14.5 Å². The number of ether oxygens (including phenoxy) is 1. The predicted molar refractivity (Wildman–Crippen MR) is 111 cm³/mol. The van der Waals surface area contributed by atoms with Gasteiger partial charge in [0, 0.05) is 17.1 Å². The van der Waals surface area contributed by atoms with E-state index in [0.29, 0.717) is 17.1 Å². The minimum absolute atomic E-state index is 0.148. The molecule has 0 aliphatic rings. The summed E-state index contributed by atoms with van der Waals surface area (Å²) in [5.74, 6) is -2.34. The van der Waals surface area contributed by atoms with Gasteiger partial charge in [0.25, 0.3) is 0 Å². The van der Waals surface area contributed by atoms with Crippen molar-refractivity contribution in [3.8, 4) is 0 Å². The third-order valence-corrected chi connectivity index (χ3v) is 4.14. The van der Waals surface area contributed by atoms with Crippen LogP contribution in [-0.4, -0.2) is 24.9 Å². The van der Waals surface area contributed by atoms with Crippen molar-refractivity contribution in [2.24, 2.45) is 0 Å².